The molecule has 0 radical (unpaired) electrons. The van der Waals surface area contributed by atoms with Gasteiger partial charge in [-0.15, -0.1) is 0 Å². The summed E-state index contributed by atoms with van der Waals surface area (Å²) in [5.41, 5.74) is 0.684. The standard InChI is InChI=1S/C11H11FO3/c1-7-2-3-8(6-9(7)12)10(13)4-5-11(14)15/h2-3,6H,4-5H2,1H3,(H,14,15). The Morgan fingerprint density at radius 3 is 2.53 bits per heavy atom. The zero-order valence-electron chi connectivity index (χ0n) is 8.29. The van der Waals surface area contributed by atoms with Gasteiger partial charge in [-0.25, -0.2) is 4.39 Å². The Labute approximate surface area is 86.5 Å². The number of carbonyl (C=O) groups is 2. The van der Waals surface area contributed by atoms with Crippen molar-refractivity contribution in [1.29, 1.82) is 0 Å². The number of carbonyl (C=O) groups excluding carboxylic acids is 1. The van der Waals surface area contributed by atoms with Crippen molar-refractivity contribution in [2.75, 3.05) is 0 Å². The molecule has 0 bridgehead atoms. The summed E-state index contributed by atoms with van der Waals surface area (Å²) in [7, 11) is 0. The van der Waals surface area contributed by atoms with Crippen LogP contribution in [0.25, 0.3) is 0 Å². The monoisotopic (exact) mass is 210 g/mol. The van der Waals surface area contributed by atoms with Crippen LogP contribution in [0.5, 0.6) is 0 Å². The molecular weight excluding hydrogens is 199 g/mol. The van der Waals surface area contributed by atoms with Crippen molar-refractivity contribution in [2.24, 2.45) is 0 Å². The van der Waals surface area contributed by atoms with Gasteiger partial charge in [0.05, 0.1) is 6.42 Å². The largest absolute Gasteiger partial charge is 0.481 e. The number of ketones is 1. The molecule has 0 heterocycles. The molecule has 0 atom stereocenters. The topological polar surface area (TPSA) is 54.4 Å². The summed E-state index contributed by atoms with van der Waals surface area (Å²) in [5.74, 6) is -1.83. The van der Waals surface area contributed by atoms with E-state index in [1.807, 2.05) is 0 Å². The lowest BCUT2D eigenvalue weighted by molar-refractivity contribution is -0.136. The predicted molar refractivity (Wildman–Crippen MR) is 52.3 cm³/mol. The van der Waals surface area contributed by atoms with Crippen molar-refractivity contribution in [1.82, 2.24) is 0 Å². The molecule has 0 aliphatic heterocycles. The van der Waals surface area contributed by atoms with Gasteiger partial charge in [0.15, 0.2) is 5.78 Å². The average molecular weight is 210 g/mol. The smallest absolute Gasteiger partial charge is 0.303 e. The van der Waals surface area contributed by atoms with Gasteiger partial charge in [0.2, 0.25) is 0 Å². The molecule has 80 valence electrons. The summed E-state index contributed by atoms with van der Waals surface area (Å²) in [6.07, 6.45) is -0.327. The molecule has 1 aromatic carbocycles. The number of hydrogen-bond acceptors (Lipinski definition) is 2. The third-order valence-corrected chi connectivity index (χ3v) is 2.06. The second kappa shape index (κ2) is 4.68. The van der Waals surface area contributed by atoms with Gasteiger partial charge in [-0.1, -0.05) is 12.1 Å². The Bertz CT molecular complexity index is 399. The van der Waals surface area contributed by atoms with Crippen molar-refractivity contribution in [2.45, 2.75) is 19.8 Å². The van der Waals surface area contributed by atoms with Gasteiger partial charge >= 0.3 is 5.97 Å². The van der Waals surface area contributed by atoms with Crippen LogP contribution in [0.1, 0.15) is 28.8 Å². The quantitative estimate of drug-likeness (QED) is 0.775. The zero-order chi connectivity index (χ0) is 11.4. The fraction of sp³-hybridized carbons (Fsp3) is 0.273. The van der Waals surface area contributed by atoms with Crippen molar-refractivity contribution < 1.29 is 19.1 Å². The molecule has 4 heteroatoms. The molecule has 0 unspecified atom stereocenters. The first-order valence-corrected chi connectivity index (χ1v) is 4.52. The van der Waals surface area contributed by atoms with E-state index >= 15 is 0 Å². The Hall–Kier alpha value is -1.71. The van der Waals surface area contributed by atoms with Gasteiger partial charge in [-0.2, -0.15) is 0 Å². The first kappa shape index (κ1) is 11.4. The summed E-state index contributed by atoms with van der Waals surface area (Å²) in [5, 5.41) is 8.38. The van der Waals surface area contributed by atoms with Crippen LogP contribution in [0.3, 0.4) is 0 Å². The Kier molecular flexibility index (Phi) is 3.55. The summed E-state index contributed by atoms with van der Waals surface area (Å²) >= 11 is 0. The van der Waals surface area contributed by atoms with Crippen LogP contribution in [0.15, 0.2) is 18.2 Å². The summed E-state index contributed by atoms with van der Waals surface area (Å²) in [6, 6.07) is 4.14. The highest BCUT2D eigenvalue weighted by Crippen LogP contribution is 2.11. The number of halogens is 1. The van der Waals surface area contributed by atoms with Gasteiger partial charge < -0.3 is 5.11 Å². The molecule has 15 heavy (non-hydrogen) atoms. The molecule has 3 nitrogen and oxygen atoms in total. The molecule has 0 aliphatic rings. The van der Waals surface area contributed by atoms with Crippen LogP contribution in [0, 0.1) is 12.7 Å². The van der Waals surface area contributed by atoms with E-state index < -0.39 is 11.8 Å². The Morgan fingerprint density at radius 2 is 2.00 bits per heavy atom. The number of aryl methyl sites for hydroxylation is 1. The van der Waals surface area contributed by atoms with E-state index in [2.05, 4.69) is 0 Å². The van der Waals surface area contributed by atoms with Gasteiger partial charge in [0.1, 0.15) is 5.82 Å². The fourth-order valence-electron chi connectivity index (χ4n) is 1.13. The molecule has 0 amide bonds. The first-order valence-electron chi connectivity index (χ1n) is 4.52. The second-order valence-corrected chi connectivity index (χ2v) is 3.28. The lowest BCUT2D eigenvalue weighted by atomic mass is 10.0. The number of Topliss-reactive ketones (excluding diaryl/α,β-unsaturated/α-hetero) is 1. The van der Waals surface area contributed by atoms with E-state index in [1.165, 1.54) is 12.1 Å². The number of benzene rings is 1. The predicted octanol–water partition coefficient (Wildman–Crippen LogP) is 2.18. The fourth-order valence-corrected chi connectivity index (χ4v) is 1.13. The van der Waals surface area contributed by atoms with Crippen LogP contribution in [0.4, 0.5) is 4.39 Å². The average Bonchev–Trinajstić information content (AvgIpc) is 2.18. The van der Waals surface area contributed by atoms with Gasteiger partial charge in [0, 0.05) is 12.0 Å². The Morgan fingerprint density at radius 1 is 1.33 bits per heavy atom. The molecule has 1 aromatic rings. The molecule has 0 fully saturated rings. The lowest BCUT2D eigenvalue weighted by Crippen LogP contribution is -2.04. The maximum atomic E-state index is 13.1. The van der Waals surface area contributed by atoms with Crippen molar-refractivity contribution in [3.8, 4) is 0 Å². The molecule has 0 saturated heterocycles. The number of carboxylic acid groups (broad SMARTS) is 1. The Balaban J connectivity index is 2.74. The number of aliphatic carboxylic acids is 1. The number of carboxylic acids is 1. The van der Waals surface area contributed by atoms with Gasteiger partial charge in [-0.3, -0.25) is 9.59 Å². The third-order valence-electron chi connectivity index (χ3n) is 2.06. The van der Waals surface area contributed by atoms with Crippen LogP contribution >= 0.6 is 0 Å². The van der Waals surface area contributed by atoms with Crippen LogP contribution in [-0.4, -0.2) is 16.9 Å². The zero-order valence-corrected chi connectivity index (χ0v) is 8.29. The molecular formula is C11H11FO3. The van der Waals surface area contributed by atoms with Crippen LogP contribution < -0.4 is 0 Å². The first-order chi connectivity index (χ1) is 7.00. The maximum absolute atomic E-state index is 13.1. The summed E-state index contributed by atoms with van der Waals surface area (Å²) in [6.45, 7) is 1.60. The molecule has 0 aromatic heterocycles. The minimum Gasteiger partial charge on any atom is -0.481 e. The highest BCUT2D eigenvalue weighted by Gasteiger charge is 2.09. The third kappa shape index (κ3) is 3.16. The molecule has 0 spiro atoms. The van der Waals surface area contributed by atoms with Crippen LogP contribution in [0.2, 0.25) is 0 Å². The molecule has 1 N–H and O–H groups in total. The highest BCUT2D eigenvalue weighted by molar-refractivity contribution is 5.97. The maximum Gasteiger partial charge on any atom is 0.303 e. The van der Waals surface area contributed by atoms with E-state index in [4.69, 9.17) is 5.11 Å². The summed E-state index contributed by atoms with van der Waals surface area (Å²) in [4.78, 5) is 21.6. The van der Waals surface area contributed by atoms with E-state index in [1.54, 1.807) is 6.92 Å². The summed E-state index contributed by atoms with van der Waals surface area (Å²) < 4.78 is 13.1. The molecule has 0 saturated carbocycles. The normalized spacial score (nSPS) is 10.0. The van der Waals surface area contributed by atoms with E-state index in [-0.39, 0.29) is 24.2 Å². The van der Waals surface area contributed by atoms with E-state index in [9.17, 15) is 14.0 Å². The SMILES string of the molecule is Cc1ccc(C(=O)CCC(=O)O)cc1F. The second-order valence-electron chi connectivity index (χ2n) is 3.28. The van der Waals surface area contributed by atoms with Crippen LogP contribution in [-0.2, 0) is 4.79 Å². The minimum atomic E-state index is -1.03. The van der Waals surface area contributed by atoms with Crippen molar-refractivity contribution in [3.63, 3.8) is 0 Å². The number of hydrogen-bond donors (Lipinski definition) is 1. The van der Waals surface area contributed by atoms with Crippen molar-refractivity contribution in [3.05, 3.63) is 35.1 Å². The van der Waals surface area contributed by atoms with E-state index in [0.717, 1.165) is 6.07 Å². The van der Waals surface area contributed by atoms with Gasteiger partial charge in [-0.05, 0) is 18.6 Å². The van der Waals surface area contributed by atoms with Crippen molar-refractivity contribution >= 4 is 11.8 Å². The van der Waals surface area contributed by atoms with Gasteiger partial charge in [0.25, 0.3) is 0 Å². The highest BCUT2D eigenvalue weighted by atomic mass is 19.1. The van der Waals surface area contributed by atoms with E-state index in [0.29, 0.717) is 5.56 Å². The number of rotatable bonds is 4. The lowest BCUT2D eigenvalue weighted by Gasteiger charge is -2.01. The minimum absolute atomic E-state index is 0.0994. The molecule has 1 rings (SSSR count). The molecule has 0 aliphatic carbocycles.